The largest absolute Gasteiger partial charge is 0.465 e. The molecule has 0 aromatic heterocycles. The number of amides is 2. The Hall–Kier alpha value is -2.86. The molecule has 2 rings (SSSR count). The number of nitrogens with one attached hydrogen (secondary N) is 2. The van der Waals surface area contributed by atoms with E-state index in [0.717, 1.165) is 17.5 Å². The van der Waals surface area contributed by atoms with E-state index in [4.69, 9.17) is 10.8 Å². The van der Waals surface area contributed by atoms with E-state index in [1.54, 1.807) is 12.1 Å². The van der Waals surface area contributed by atoms with Gasteiger partial charge in [0.1, 0.15) is 6.04 Å². The molecule has 0 aliphatic heterocycles. The van der Waals surface area contributed by atoms with Crippen molar-refractivity contribution in [2.45, 2.75) is 25.3 Å². The Morgan fingerprint density at radius 2 is 1.60 bits per heavy atom. The van der Waals surface area contributed by atoms with E-state index in [2.05, 4.69) is 10.6 Å². The van der Waals surface area contributed by atoms with Crippen molar-refractivity contribution in [2.24, 2.45) is 5.73 Å². The molecule has 2 aromatic carbocycles. The van der Waals surface area contributed by atoms with Gasteiger partial charge in [0.05, 0.1) is 0 Å². The van der Waals surface area contributed by atoms with Crippen LogP contribution in [0.15, 0.2) is 54.6 Å². The fourth-order valence-electron chi connectivity index (χ4n) is 2.52. The molecule has 5 N–H and O–H groups in total. The summed E-state index contributed by atoms with van der Waals surface area (Å²) in [5, 5.41) is 13.9. The van der Waals surface area contributed by atoms with Crippen molar-refractivity contribution in [3.8, 4) is 11.1 Å². The normalized spacial score (nSPS) is 11.6. The minimum atomic E-state index is -1.22. The zero-order valence-corrected chi connectivity index (χ0v) is 13.9. The fraction of sp³-hybridized carbons (Fsp3) is 0.263. The fourth-order valence-corrected chi connectivity index (χ4v) is 2.52. The molecule has 0 saturated heterocycles. The van der Waals surface area contributed by atoms with Gasteiger partial charge in [0.25, 0.3) is 0 Å². The van der Waals surface area contributed by atoms with E-state index in [1.807, 2.05) is 42.5 Å². The number of carbonyl (C=O) groups excluding carboxylic acids is 1. The van der Waals surface area contributed by atoms with Gasteiger partial charge in [-0.15, -0.1) is 0 Å². The molecule has 0 heterocycles. The molecule has 0 spiro atoms. The van der Waals surface area contributed by atoms with Crippen LogP contribution in [0.5, 0.6) is 0 Å². The van der Waals surface area contributed by atoms with Gasteiger partial charge < -0.3 is 21.5 Å². The van der Waals surface area contributed by atoms with E-state index in [1.165, 1.54) is 0 Å². The first kappa shape index (κ1) is 18.5. The van der Waals surface area contributed by atoms with Crippen molar-refractivity contribution < 1.29 is 14.7 Å². The second kappa shape index (κ2) is 9.44. The number of benzene rings is 2. The molecule has 1 atom stereocenters. The molecule has 6 nitrogen and oxygen atoms in total. The number of carboxylic acid groups (broad SMARTS) is 1. The molecule has 0 fully saturated rings. The molecule has 0 bridgehead atoms. The predicted molar refractivity (Wildman–Crippen MR) is 98.4 cm³/mol. The third kappa shape index (κ3) is 5.93. The van der Waals surface area contributed by atoms with Gasteiger partial charge in [-0.05, 0) is 49.1 Å². The number of carbonyl (C=O) groups is 2. The molecular weight excluding hydrogens is 318 g/mol. The average Bonchev–Trinajstić information content (AvgIpc) is 2.62. The molecule has 0 aliphatic carbocycles. The SMILES string of the molecule is NCCCCC(NC(=O)O)C(=O)Nc1ccc(-c2ccccc2)cc1. The Morgan fingerprint density at radius 3 is 2.20 bits per heavy atom. The number of anilines is 1. The maximum atomic E-state index is 12.3. The summed E-state index contributed by atoms with van der Waals surface area (Å²) in [6.07, 6.45) is 0.628. The monoisotopic (exact) mass is 341 g/mol. The van der Waals surface area contributed by atoms with Gasteiger partial charge in [0.15, 0.2) is 0 Å². The smallest absolute Gasteiger partial charge is 0.405 e. The Balaban J connectivity index is 2.00. The first-order valence-corrected chi connectivity index (χ1v) is 8.26. The van der Waals surface area contributed by atoms with Crippen molar-refractivity contribution in [1.29, 1.82) is 0 Å². The van der Waals surface area contributed by atoms with Crippen LogP contribution in [0.2, 0.25) is 0 Å². The van der Waals surface area contributed by atoms with Crippen LogP contribution in [0, 0.1) is 0 Å². The van der Waals surface area contributed by atoms with E-state index >= 15 is 0 Å². The van der Waals surface area contributed by atoms with E-state index in [-0.39, 0.29) is 5.91 Å². The van der Waals surface area contributed by atoms with Gasteiger partial charge in [-0.1, -0.05) is 42.5 Å². The Bertz CT molecular complexity index is 687. The van der Waals surface area contributed by atoms with Gasteiger partial charge in [0, 0.05) is 5.69 Å². The number of rotatable bonds is 8. The highest BCUT2D eigenvalue weighted by Gasteiger charge is 2.20. The molecule has 6 heteroatoms. The lowest BCUT2D eigenvalue weighted by Gasteiger charge is -2.16. The van der Waals surface area contributed by atoms with E-state index in [9.17, 15) is 9.59 Å². The summed E-state index contributed by atoms with van der Waals surface area (Å²) in [7, 11) is 0. The van der Waals surface area contributed by atoms with Crippen LogP contribution in [0.1, 0.15) is 19.3 Å². The summed E-state index contributed by atoms with van der Waals surface area (Å²) in [6.45, 7) is 0.516. The molecule has 25 heavy (non-hydrogen) atoms. The Kier molecular flexibility index (Phi) is 6.98. The summed E-state index contributed by atoms with van der Waals surface area (Å²) in [6, 6.07) is 16.6. The van der Waals surface area contributed by atoms with Gasteiger partial charge in [0.2, 0.25) is 5.91 Å². The molecule has 2 aromatic rings. The van der Waals surface area contributed by atoms with Crippen LogP contribution < -0.4 is 16.4 Å². The summed E-state index contributed by atoms with van der Waals surface area (Å²) < 4.78 is 0. The molecule has 0 saturated carbocycles. The number of hydrogen-bond acceptors (Lipinski definition) is 3. The van der Waals surface area contributed by atoms with Crippen molar-refractivity contribution in [2.75, 3.05) is 11.9 Å². The molecular formula is C19H23N3O3. The van der Waals surface area contributed by atoms with Gasteiger partial charge in [-0.3, -0.25) is 4.79 Å². The highest BCUT2D eigenvalue weighted by Crippen LogP contribution is 2.21. The first-order chi connectivity index (χ1) is 12.1. The lowest BCUT2D eigenvalue weighted by molar-refractivity contribution is -0.118. The third-order valence-corrected chi connectivity index (χ3v) is 3.82. The number of nitrogens with two attached hydrogens (primary N) is 1. The molecule has 132 valence electrons. The predicted octanol–water partition coefficient (Wildman–Crippen LogP) is 3.06. The summed E-state index contributed by atoms with van der Waals surface area (Å²) >= 11 is 0. The van der Waals surface area contributed by atoms with Crippen molar-refractivity contribution >= 4 is 17.7 Å². The van der Waals surface area contributed by atoms with Crippen LogP contribution in [-0.2, 0) is 4.79 Å². The number of unbranched alkanes of at least 4 members (excludes halogenated alkanes) is 1. The van der Waals surface area contributed by atoms with Gasteiger partial charge in [-0.25, -0.2) is 4.79 Å². The topological polar surface area (TPSA) is 104 Å². The number of hydrogen-bond donors (Lipinski definition) is 4. The quantitative estimate of drug-likeness (QED) is 0.554. The van der Waals surface area contributed by atoms with Crippen LogP contribution >= 0.6 is 0 Å². The zero-order chi connectivity index (χ0) is 18.1. The average molecular weight is 341 g/mol. The summed E-state index contributed by atoms with van der Waals surface area (Å²) in [5.74, 6) is -0.369. The summed E-state index contributed by atoms with van der Waals surface area (Å²) in [4.78, 5) is 23.2. The van der Waals surface area contributed by atoms with Crippen LogP contribution in [-0.4, -0.2) is 29.7 Å². The molecule has 1 unspecified atom stereocenters. The molecule has 0 aliphatic rings. The minimum Gasteiger partial charge on any atom is -0.465 e. The standard InChI is InChI=1S/C19H23N3O3/c20-13-5-4-8-17(22-19(24)25)18(23)21-16-11-9-15(10-12-16)14-6-2-1-3-7-14/h1-3,6-7,9-12,17,22H,4-5,8,13,20H2,(H,21,23)(H,24,25). The van der Waals surface area contributed by atoms with Crippen LogP contribution in [0.25, 0.3) is 11.1 Å². The van der Waals surface area contributed by atoms with Gasteiger partial charge >= 0.3 is 6.09 Å². The zero-order valence-electron chi connectivity index (χ0n) is 13.9. The second-order valence-electron chi connectivity index (χ2n) is 5.72. The van der Waals surface area contributed by atoms with Crippen molar-refractivity contribution in [1.82, 2.24) is 5.32 Å². The van der Waals surface area contributed by atoms with Crippen LogP contribution in [0.3, 0.4) is 0 Å². The molecule has 2 amide bonds. The van der Waals surface area contributed by atoms with Crippen molar-refractivity contribution in [3.63, 3.8) is 0 Å². The lowest BCUT2D eigenvalue weighted by Crippen LogP contribution is -2.43. The third-order valence-electron chi connectivity index (χ3n) is 3.82. The Morgan fingerprint density at radius 1 is 0.960 bits per heavy atom. The van der Waals surface area contributed by atoms with E-state index < -0.39 is 12.1 Å². The first-order valence-electron chi connectivity index (χ1n) is 8.26. The van der Waals surface area contributed by atoms with Crippen LogP contribution in [0.4, 0.5) is 10.5 Å². The second-order valence-corrected chi connectivity index (χ2v) is 5.72. The maximum Gasteiger partial charge on any atom is 0.405 e. The van der Waals surface area contributed by atoms with Gasteiger partial charge in [-0.2, -0.15) is 0 Å². The summed E-state index contributed by atoms with van der Waals surface area (Å²) in [5.41, 5.74) is 8.20. The van der Waals surface area contributed by atoms with E-state index in [0.29, 0.717) is 25.1 Å². The lowest BCUT2D eigenvalue weighted by atomic mass is 10.1. The molecule has 0 radical (unpaired) electrons. The van der Waals surface area contributed by atoms with Crippen molar-refractivity contribution in [3.05, 3.63) is 54.6 Å². The Labute approximate surface area is 147 Å². The highest BCUT2D eigenvalue weighted by atomic mass is 16.4. The minimum absolute atomic E-state index is 0.369. The highest BCUT2D eigenvalue weighted by molar-refractivity contribution is 5.96. The maximum absolute atomic E-state index is 12.3.